The molecular weight excluding hydrogens is 336 g/mol. The number of hydrogen-bond acceptors (Lipinski definition) is 7. The van der Waals surface area contributed by atoms with Crippen molar-refractivity contribution in [2.45, 2.75) is 38.0 Å². The highest BCUT2D eigenvalue weighted by atomic mass is 16.5. The molecule has 136 valence electrons. The van der Waals surface area contributed by atoms with Crippen molar-refractivity contribution >= 4 is 5.91 Å². The Morgan fingerprint density at radius 2 is 2.27 bits per heavy atom. The van der Waals surface area contributed by atoms with Crippen LogP contribution in [0.15, 0.2) is 18.3 Å². The van der Waals surface area contributed by atoms with Gasteiger partial charge < -0.3 is 19.7 Å². The molecule has 0 aromatic carbocycles. The summed E-state index contributed by atoms with van der Waals surface area (Å²) in [5, 5.41) is 29.3. The van der Waals surface area contributed by atoms with Crippen LogP contribution >= 0.6 is 0 Å². The van der Waals surface area contributed by atoms with E-state index in [0.717, 1.165) is 18.7 Å². The molecule has 1 amide bonds. The lowest BCUT2D eigenvalue weighted by molar-refractivity contribution is 0.0906. The SMILES string of the molecule is COCCn1c(CO)nnc1C1CC(NC(=O)c2ccc(C#N)nc2)C1. The molecule has 3 rings (SSSR count). The van der Waals surface area contributed by atoms with Crippen molar-refractivity contribution in [3.05, 3.63) is 41.2 Å². The Balaban J connectivity index is 1.58. The molecule has 2 aromatic heterocycles. The molecule has 26 heavy (non-hydrogen) atoms. The van der Waals surface area contributed by atoms with Gasteiger partial charge in [-0.3, -0.25) is 4.79 Å². The van der Waals surface area contributed by atoms with Gasteiger partial charge in [-0.2, -0.15) is 5.26 Å². The van der Waals surface area contributed by atoms with Crippen LogP contribution in [0, 0.1) is 11.3 Å². The summed E-state index contributed by atoms with van der Waals surface area (Å²) in [6.45, 7) is 0.922. The summed E-state index contributed by atoms with van der Waals surface area (Å²) in [5.41, 5.74) is 0.707. The number of aliphatic hydroxyl groups excluding tert-OH is 1. The van der Waals surface area contributed by atoms with Crippen molar-refractivity contribution in [2.75, 3.05) is 13.7 Å². The van der Waals surface area contributed by atoms with Crippen LogP contribution in [0.4, 0.5) is 0 Å². The molecule has 0 spiro atoms. The van der Waals surface area contributed by atoms with Crippen molar-refractivity contribution in [2.24, 2.45) is 0 Å². The molecule has 0 radical (unpaired) electrons. The standard InChI is InChI=1S/C17H20N6O3/c1-26-5-4-23-15(10-24)21-22-16(23)12-6-14(7-12)20-17(25)11-2-3-13(8-18)19-9-11/h2-3,9,12,14,24H,4-7,10H2,1H3,(H,20,25). The van der Waals surface area contributed by atoms with Gasteiger partial charge in [-0.15, -0.1) is 10.2 Å². The number of aromatic nitrogens is 4. The van der Waals surface area contributed by atoms with E-state index in [1.165, 1.54) is 12.3 Å². The van der Waals surface area contributed by atoms with E-state index in [-0.39, 0.29) is 30.2 Å². The number of hydrogen-bond donors (Lipinski definition) is 2. The average molecular weight is 356 g/mol. The van der Waals surface area contributed by atoms with E-state index in [1.54, 1.807) is 13.2 Å². The maximum Gasteiger partial charge on any atom is 0.253 e. The largest absolute Gasteiger partial charge is 0.388 e. The topological polar surface area (TPSA) is 126 Å². The summed E-state index contributed by atoms with van der Waals surface area (Å²) in [5.74, 6) is 1.32. The number of pyridine rings is 1. The van der Waals surface area contributed by atoms with E-state index in [0.29, 0.717) is 24.5 Å². The quantitative estimate of drug-likeness (QED) is 0.733. The monoisotopic (exact) mass is 356 g/mol. The van der Waals surface area contributed by atoms with Gasteiger partial charge in [-0.1, -0.05) is 0 Å². The van der Waals surface area contributed by atoms with E-state index < -0.39 is 0 Å². The molecule has 9 nitrogen and oxygen atoms in total. The second-order valence-electron chi connectivity index (χ2n) is 6.16. The maximum atomic E-state index is 12.2. The number of carbonyl (C=O) groups excluding carboxylic acids is 1. The molecule has 9 heteroatoms. The van der Waals surface area contributed by atoms with Gasteiger partial charge in [-0.25, -0.2) is 4.98 Å². The number of carbonyl (C=O) groups is 1. The highest BCUT2D eigenvalue weighted by Gasteiger charge is 2.35. The second-order valence-corrected chi connectivity index (χ2v) is 6.16. The lowest BCUT2D eigenvalue weighted by Crippen LogP contribution is -2.44. The van der Waals surface area contributed by atoms with Crippen molar-refractivity contribution in [3.63, 3.8) is 0 Å². The first-order chi connectivity index (χ1) is 12.7. The molecule has 1 aliphatic carbocycles. The molecule has 0 unspecified atom stereocenters. The van der Waals surface area contributed by atoms with Crippen molar-refractivity contribution < 1.29 is 14.6 Å². The number of aliphatic hydroxyl groups is 1. The molecule has 0 atom stereocenters. The van der Waals surface area contributed by atoms with Crippen molar-refractivity contribution in [1.82, 2.24) is 25.1 Å². The summed E-state index contributed by atoms with van der Waals surface area (Å²) in [6, 6.07) is 5.08. The van der Waals surface area contributed by atoms with E-state index in [1.807, 2.05) is 10.6 Å². The van der Waals surface area contributed by atoms with Gasteiger partial charge in [0.05, 0.1) is 12.2 Å². The summed E-state index contributed by atoms with van der Waals surface area (Å²) < 4.78 is 6.98. The predicted octanol–water partition coefficient (Wildman–Crippen LogP) is 0.359. The lowest BCUT2D eigenvalue weighted by Gasteiger charge is -2.35. The zero-order valence-corrected chi connectivity index (χ0v) is 14.4. The smallest absolute Gasteiger partial charge is 0.253 e. The van der Waals surface area contributed by atoms with Crippen LogP contribution in [-0.2, 0) is 17.9 Å². The van der Waals surface area contributed by atoms with E-state index in [4.69, 9.17) is 10.00 Å². The fourth-order valence-corrected chi connectivity index (χ4v) is 3.00. The van der Waals surface area contributed by atoms with Crippen molar-refractivity contribution in [3.8, 4) is 6.07 Å². The minimum atomic E-state index is -0.206. The second kappa shape index (κ2) is 8.03. The van der Waals surface area contributed by atoms with E-state index in [2.05, 4.69) is 20.5 Å². The predicted molar refractivity (Wildman–Crippen MR) is 90.0 cm³/mol. The Labute approximate surface area is 150 Å². The van der Waals surface area contributed by atoms with Crippen LogP contribution in [0.5, 0.6) is 0 Å². The summed E-state index contributed by atoms with van der Waals surface area (Å²) >= 11 is 0. The van der Waals surface area contributed by atoms with E-state index in [9.17, 15) is 9.90 Å². The van der Waals surface area contributed by atoms with Crippen molar-refractivity contribution in [1.29, 1.82) is 5.26 Å². The first kappa shape index (κ1) is 18.0. The molecular formula is C17H20N6O3. The number of nitrogens with zero attached hydrogens (tertiary/aromatic N) is 5. The average Bonchev–Trinajstić information content (AvgIpc) is 3.04. The molecule has 1 saturated carbocycles. The number of methoxy groups -OCH3 is 1. The molecule has 1 aliphatic rings. The molecule has 0 saturated heterocycles. The van der Waals surface area contributed by atoms with E-state index >= 15 is 0 Å². The Morgan fingerprint density at radius 3 is 2.88 bits per heavy atom. The molecule has 0 aliphatic heterocycles. The van der Waals surface area contributed by atoms with Crippen LogP contribution in [0.2, 0.25) is 0 Å². The maximum absolute atomic E-state index is 12.2. The Hall–Kier alpha value is -2.83. The third-order valence-electron chi connectivity index (χ3n) is 4.50. The molecule has 2 heterocycles. The zero-order valence-electron chi connectivity index (χ0n) is 14.4. The van der Waals surface area contributed by atoms with Gasteiger partial charge in [0.2, 0.25) is 0 Å². The third-order valence-corrected chi connectivity index (χ3v) is 4.50. The Morgan fingerprint density at radius 1 is 1.46 bits per heavy atom. The third kappa shape index (κ3) is 3.71. The van der Waals surface area contributed by atoms with Crippen LogP contribution in [0.1, 0.15) is 46.5 Å². The number of amides is 1. The van der Waals surface area contributed by atoms with Gasteiger partial charge in [0.25, 0.3) is 5.91 Å². The number of rotatable bonds is 7. The summed E-state index contributed by atoms with van der Waals surface area (Å²) in [4.78, 5) is 16.1. The molecule has 2 N–H and O–H groups in total. The highest BCUT2D eigenvalue weighted by molar-refractivity contribution is 5.94. The van der Waals surface area contributed by atoms with Gasteiger partial charge in [-0.05, 0) is 25.0 Å². The van der Waals surface area contributed by atoms with Crippen LogP contribution < -0.4 is 5.32 Å². The minimum absolute atomic E-state index is 0.0493. The Kier molecular flexibility index (Phi) is 5.55. The van der Waals surface area contributed by atoms with Gasteiger partial charge in [0.15, 0.2) is 5.82 Å². The van der Waals surface area contributed by atoms with Crippen LogP contribution in [0.25, 0.3) is 0 Å². The number of nitriles is 1. The Bertz CT molecular complexity index is 805. The van der Waals surface area contributed by atoms with Crippen LogP contribution in [0.3, 0.4) is 0 Å². The molecule has 1 fully saturated rings. The minimum Gasteiger partial charge on any atom is -0.388 e. The summed E-state index contributed by atoms with van der Waals surface area (Å²) in [6.07, 6.45) is 2.91. The molecule has 0 bridgehead atoms. The highest BCUT2D eigenvalue weighted by Crippen LogP contribution is 2.36. The first-order valence-electron chi connectivity index (χ1n) is 8.35. The zero-order chi connectivity index (χ0) is 18.5. The first-order valence-corrected chi connectivity index (χ1v) is 8.35. The van der Waals surface area contributed by atoms with Gasteiger partial charge in [0, 0.05) is 31.8 Å². The van der Waals surface area contributed by atoms with Gasteiger partial charge >= 0.3 is 0 Å². The normalized spacial score (nSPS) is 18.8. The van der Waals surface area contributed by atoms with Gasteiger partial charge in [0.1, 0.15) is 24.2 Å². The fraction of sp³-hybridized carbons (Fsp3) is 0.471. The van der Waals surface area contributed by atoms with Crippen LogP contribution in [-0.4, -0.2) is 50.5 Å². The fourth-order valence-electron chi connectivity index (χ4n) is 3.00. The summed E-state index contributed by atoms with van der Waals surface area (Å²) in [7, 11) is 1.62. The molecule has 2 aromatic rings. The lowest BCUT2D eigenvalue weighted by atomic mass is 9.79. The number of ether oxygens (including phenoxy) is 1. The number of nitrogens with one attached hydrogen (secondary N) is 1.